The average Bonchev–Trinajstić information content (AvgIpc) is 2.52. The number of ether oxygens (including phenoxy) is 1. The third-order valence-electron chi connectivity index (χ3n) is 3.14. The van der Waals surface area contributed by atoms with Gasteiger partial charge in [-0.2, -0.15) is 15.1 Å². The molecule has 0 aliphatic heterocycles. The zero-order chi connectivity index (χ0) is 18.4. The molecule has 1 aromatic carbocycles. The van der Waals surface area contributed by atoms with E-state index in [1.165, 1.54) is 5.56 Å². The molecule has 0 bridgehead atoms. The van der Waals surface area contributed by atoms with Gasteiger partial charge in [0.2, 0.25) is 0 Å². The Hall–Kier alpha value is -2.67. The fourth-order valence-corrected chi connectivity index (χ4v) is 1.93. The molecule has 0 aliphatic rings. The van der Waals surface area contributed by atoms with Gasteiger partial charge in [-0.1, -0.05) is 29.8 Å². The van der Waals surface area contributed by atoms with Gasteiger partial charge >= 0.3 is 6.01 Å². The lowest BCUT2D eigenvalue weighted by atomic mass is 10.2. The summed E-state index contributed by atoms with van der Waals surface area (Å²) >= 11 is 0. The smallest absolute Gasteiger partial charge is 0.320 e. The summed E-state index contributed by atoms with van der Waals surface area (Å²) in [6.45, 7) is 5.45. The van der Waals surface area contributed by atoms with Crippen LogP contribution >= 0.6 is 0 Å². The average molecular weight is 343 g/mol. The second-order valence-corrected chi connectivity index (χ2v) is 6.67. The Bertz CT molecular complexity index is 738. The normalized spacial score (nSPS) is 11.6. The van der Waals surface area contributed by atoms with Crippen LogP contribution in [0.4, 0.5) is 11.6 Å². The lowest BCUT2D eigenvalue weighted by Crippen LogP contribution is -2.28. The van der Waals surface area contributed by atoms with Gasteiger partial charge in [0.15, 0.2) is 5.82 Å². The molecule has 1 aromatic heterocycles. The van der Waals surface area contributed by atoms with Crippen molar-refractivity contribution in [1.29, 1.82) is 0 Å². The minimum Gasteiger partial charge on any atom is -0.460 e. The SMILES string of the molecule is Cc1cccc(/C=N/Nc2cc(N(C)C)nc(OCC(C)(C)O)n2)c1. The van der Waals surface area contributed by atoms with Crippen molar-refractivity contribution in [2.75, 3.05) is 31.0 Å². The van der Waals surface area contributed by atoms with Gasteiger partial charge in [-0.25, -0.2) is 0 Å². The number of aryl methyl sites for hydroxylation is 1. The first-order chi connectivity index (χ1) is 11.7. The molecular formula is C18H25N5O2. The van der Waals surface area contributed by atoms with Crippen molar-refractivity contribution in [3.8, 4) is 6.01 Å². The topological polar surface area (TPSA) is 82.9 Å². The maximum Gasteiger partial charge on any atom is 0.320 e. The fourth-order valence-electron chi connectivity index (χ4n) is 1.93. The van der Waals surface area contributed by atoms with E-state index in [1.54, 1.807) is 26.1 Å². The van der Waals surface area contributed by atoms with E-state index < -0.39 is 5.60 Å². The van der Waals surface area contributed by atoms with E-state index in [9.17, 15) is 5.11 Å². The molecule has 0 saturated carbocycles. The molecule has 0 unspecified atom stereocenters. The summed E-state index contributed by atoms with van der Waals surface area (Å²) in [6, 6.07) is 9.97. The molecule has 7 nitrogen and oxygen atoms in total. The maximum atomic E-state index is 9.79. The summed E-state index contributed by atoms with van der Waals surface area (Å²) in [6.07, 6.45) is 1.72. The first kappa shape index (κ1) is 18.7. The van der Waals surface area contributed by atoms with Gasteiger partial charge in [0, 0.05) is 20.2 Å². The molecular weight excluding hydrogens is 318 g/mol. The number of hydrogen-bond acceptors (Lipinski definition) is 7. The van der Waals surface area contributed by atoms with Gasteiger partial charge in [0.05, 0.1) is 11.8 Å². The highest BCUT2D eigenvalue weighted by molar-refractivity contribution is 5.80. The number of benzene rings is 1. The van der Waals surface area contributed by atoms with Crippen molar-refractivity contribution < 1.29 is 9.84 Å². The Morgan fingerprint density at radius 1 is 1.28 bits per heavy atom. The van der Waals surface area contributed by atoms with Crippen molar-refractivity contribution in [2.24, 2.45) is 5.10 Å². The highest BCUT2D eigenvalue weighted by atomic mass is 16.5. The van der Waals surface area contributed by atoms with E-state index in [0.717, 1.165) is 5.56 Å². The molecule has 2 rings (SSSR count). The predicted octanol–water partition coefficient (Wildman–Crippen LogP) is 2.45. The van der Waals surface area contributed by atoms with Crippen LogP contribution < -0.4 is 15.1 Å². The molecule has 0 aliphatic carbocycles. The fraction of sp³-hybridized carbons (Fsp3) is 0.389. The van der Waals surface area contributed by atoms with Crippen LogP contribution in [0.15, 0.2) is 35.4 Å². The standard InChI is InChI=1S/C18H25N5O2/c1-13-7-6-8-14(9-13)11-19-22-15-10-16(23(4)5)21-17(20-15)25-12-18(2,3)24/h6-11,24H,12H2,1-5H3,(H,20,21,22)/b19-11+. The lowest BCUT2D eigenvalue weighted by molar-refractivity contribution is 0.0251. The van der Waals surface area contributed by atoms with E-state index >= 15 is 0 Å². The van der Waals surface area contributed by atoms with E-state index in [0.29, 0.717) is 11.6 Å². The Balaban J connectivity index is 2.14. The highest BCUT2D eigenvalue weighted by Crippen LogP contribution is 2.18. The first-order valence-electron chi connectivity index (χ1n) is 8.00. The van der Waals surface area contributed by atoms with Crippen molar-refractivity contribution >= 4 is 17.9 Å². The highest BCUT2D eigenvalue weighted by Gasteiger charge is 2.15. The third-order valence-corrected chi connectivity index (χ3v) is 3.14. The second kappa shape index (κ2) is 7.94. The zero-order valence-corrected chi connectivity index (χ0v) is 15.3. The number of nitrogens with zero attached hydrogens (tertiary/aromatic N) is 4. The van der Waals surface area contributed by atoms with E-state index in [4.69, 9.17) is 4.74 Å². The van der Waals surface area contributed by atoms with Crippen LogP contribution in [0.1, 0.15) is 25.0 Å². The second-order valence-electron chi connectivity index (χ2n) is 6.67. The van der Waals surface area contributed by atoms with Gasteiger partial charge in [-0.15, -0.1) is 0 Å². The first-order valence-corrected chi connectivity index (χ1v) is 8.00. The molecule has 2 N–H and O–H groups in total. The van der Waals surface area contributed by atoms with Crippen molar-refractivity contribution in [3.05, 3.63) is 41.5 Å². The number of anilines is 2. The summed E-state index contributed by atoms with van der Waals surface area (Å²) in [7, 11) is 3.75. The van der Waals surface area contributed by atoms with E-state index in [-0.39, 0.29) is 12.6 Å². The van der Waals surface area contributed by atoms with Crippen molar-refractivity contribution in [1.82, 2.24) is 9.97 Å². The van der Waals surface area contributed by atoms with Crippen molar-refractivity contribution in [3.63, 3.8) is 0 Å². The maximum absolute atomic E-state index is 9.79. The summed E-state index contributed by atoms with van der Waals surface area (Å²) in [5.41, 5.74) is 4.09. The van der Waals surface area contributed by atoms with Crippen LogP contribution in [0.2, 0.25) is 0 Å². The van der Waals surface area contributed by atoms with Gasteiger partial charge < -0.3 is 14.7 Å². The number of aromatic nitrogens is 2. The van der Waals surface area contributed by atoms with Gasteiger partial charge in [0.25, 0.3) is 0 Å². The molecule has 0 spiro atoms. The summed E-state index contributed by atoms with van der Waals surface area (Å²) in [5.74, 6) is 1.18. The van der Waals surface area contributed by atoms with Crippen LogP contribution in [0.3, 0.4) is 0 Å². The Morgan fingerprint density at radius 3 is 2.68 bits per heavy atom. The summed E-state index contributed by atoms with van der Waals surface area (Å²) in [5, 5.41) is 14.0. The molecule has 2 aromatic rings. The number of nitrogens with one attached hydrogen (secondary N) is 1. The largest absolute Gasteiger partial charge is 0.460 e. The molecule has 0 fully saturated rings. The molecule has 134 valence electrons. The third kappa shape index (κ3) is 6.39. The Labute approximate surface area is 148 Å². The van der Waals surface area contributed by atoms with Crippen LogP contribution in [0.25, 0.3) is 0 Å². The van der Waals surface area contributed by atoms with Crippen molar-refractivity contribution in [2.45, 2.75) is 26.4 Å². The monoisotopic (exact) mass is 343 g/mol. The van der Waals surface area contributed by atoms with E-state index in [1.807, 2.05) is 50.2 Å². The Morgan fingerprint density at radius 2 is 2.04 bits per heavy atom. The van der Waals surface area contributed by atoms with Crippen LogP contribution in [-0.4, -0.2) is 47.6 Å². The molecule has 0 atom stereocenters. The number of aliphatic hydroxyl groups is 1. The minimum absolute atomic E-state index is 0.0931. The zero-order valence-electron chi connectivity index (χ0n) is 15.3. The molecule has 25 heavy (non-hydrogen) atoms. The predicted molar refractivity (Wildman–Crippen MR) is 101 cm³/mol. The summed E-state index contributed by atoms with van der Waals surface area (Å²) in [4.78, 5) is 10.4. The minimum atomic E-state index is -0.964. The van der Waals surface area contributed by atoms with Gasteiger partial charge in [-0.3, -0.25) is 5.43 Å². The number of rotatable bonds is 7. The number of hydrazone groups is 1. The molecule has 7 heteroatoms. The quantitative estimate of drug-likeness (QED) is 0.593. The van der Waals surface area contributed by atoms with Crippen LogP contribution in [-0.2, 0) is 0 Å². The van der Waals surface area contributed by atoms with Gasteiger partial charge in [-0.05, 0) is 26.3 Å². The van der Waals surface area contributed by atoms with Gasteiger partial charge in [0.1, 0.15) is 12.4 Å². The Kier molecular flexibility index (Phi) is 5.93. The molecule has 1 heterocycles. The lowest BCUT2D eigenvalue weighted by Gasteiger charge is -2.18. The molecule has 0 saturated heterocycles. The van der Waals surface area contributed by atoms with Crippen LogP contribution in [0.5, 0.6) is 6.01 Å². The number of hydrogen-bond donors (Lipinski definition) is 2. The van der Waals surface area contributed by atoms with Crippen LogP contribution in [0, 0.1) is 6.92 Å². The molecule has 0 radical (unpaired) electrons. The van der Waals surface area contributed by atoms with E-state index in [2.05, 4.69) is 20.5 Å². The molecule has 0 amide bonds. The summed E-state index contributed by atoms with van der Waals surface area (Å²) < 4.78 is 5.49.